The van der Waals surface area contributed by atoms with Gasteiger partial charge in [0.2, 0.25) is 0 Å². The van der Waals surface area contributed by atoms with Gasteiger partial charge >= 0.3 is 18.0 Å². The zero-order valence-corrected chi connectivity index (χ0v) is 23.5. The number of benzene rings is 1. The number of likely N-dealkylation sites (tertiary alicyclic amines) is 1. The second-order valence-electron chi connectivity index (χ2n) is 11.1. The van der Waals surface area contributed by atoms with Gasteiger partial charge in [-0.2, -0.15) is 5.10 Å². The van der Waals surface area contributed by atoms with Crippen molar-refractivity contribution in [1.29, 1.82) is 0 Å². The van der Waals surface area contributed by atoms with Gasteiger partial charge in [0, 0.05) is 50.2 Å². The van der Waals surface area contributed by atoms with E-state index in [2.05, 4.69) is 32.2 Å². The number of nitrogens with zero attached hydrogens (tertiary/aromatic N) is 4. The van der Waals surface area contributed by atoms with Gasteiger partial charge in [-0.15, -0.1) is 0 Å². The van der Waals surface area contributed by atoms with Crippen LogP contribution in [0.5, 0.6) is 0 Å². The third-order valence-electron chi connectivity index (χ3n) is 8.36. The number of hydrogen-bond acceptors (Lipinski definition) is 7. The molecule has 3 atom stereocenters. The molecule has 3 aliphatic heterocycles. The number of esters is 1. The SMILES string of the molecule is C[C@@H](OC(=O)C(CC1=CCC2NN=CC2=C1)NC(=O)N1CCC(N2Cc3ccccc3NC2=O)CC1)c1ccncc1. The Balaban J connectivity index is 1.10. The number of piperidine rings is 1. The number of anilines is 1. The molecule has 4 heterocycles. The van der Waals surface area contributed by atoms with Crippen LogP contribution in [0.15, 0.2) is 77.2 Å². The minimum Gasteiger partial charge on any atom is -0.456 e. The van der Waals surface area contributed by atoms with E-state index >= 15 is 0 Å². The molecule has 6 rings (SSSR count). The Bertz CT molecular complexity index is 1430. The zero-order chi connectivity index (χ0) is 29.1. The van der Waals surface area contributed by atoms with Crippen LogP contribution >= 0.6 is 0 Å². The van der Waals surface area contributed by atoms with E-state index in [-0.39, 0.29) is 24.1 Å². The van der Waals surface area contributed by atoms with Crippen molar-refractivity contribution in [2.24, 2.45) is 5.10 Å². The number of amides is 4. The molecule has 4 amide bonds. The van der Waals surface area contributed by atoms with E-state index in [0.29, 0.717) is 38.9 Å². The summed E-state index contributed by atoms with van der Waals surface area (Å²) in [6.45, 7) is 3.31. The van der Waals surface area contributed by atoms with Crippen LogP contribution in [-0.2, 0) is 16.1 Å². The van der Waals surface area contributed by atoms with E-state index in [1.54, 1.807) is 42.6 Å². The predicted octanol–water partition coefficient (Wildman–Crippen LogP) is 3.88. The predicted molar refractivity (Wildman–Crippen MR) is 157 cm³/mol. The highest BCUT2D eigenvalue weighted by Gasteiger charge is 2.34. The van der Waals surface area contributed by atoms with Crippen molar-refractivity contribution in [3.8, 4) is 0 Å². The molecule has 0 bridgehead atoms. The number of aromatic nitrogens is 1. The quantitative estimate of drug-likeness (QED) is 0.434. The van der Waals surface area contributed by atoms with Gasteiger partial charge in [-0.1, -0.05) is 30.4 Å². The highest BCUT2D eigenvalue weighted by atomic mass is 16.5. The Morgan fingerprint density at radius 1 is 1.14 bits per heavy atom. The highest BCUT2D eigenvalue weighted by molar-refractivity contribution is 5.92. The topological polar surface area (TPSA) is 128 Å². The Morgan fingerprint density at radius 2 is 1.93 bits per heavy atom. The summed E-state index contributed by atoms with van der Waals surface area (Å²) in [5, 5.41) is 10.1. The van der Waals surface area contributed by atoms with Gasteiger partial charge in [-0.05, 0) is 66.7 Å². The van der Waals surface area contributed by atoms with E-state index in [4.69, 9.17) is 4.74 Å². The summed E-state index contributed by atoms with van der Waals surface area (Å²) in [6.07, 6.45) is 11.1. The highest BCUT2D eigenvalue weighted by Crippen LogP contribution is 2.28. The lowest BCUT2D eigenvalue weighted by Gasteiger charge is -2.40. The minimum absolute atomic E-state index is 0.0260. The average molecular weight is 570 g/mol. The lowest BCUT2D eigenvalue weighted by atomic mass is 9.93. The zero-order valence-electron chi connectivity index (χ0n) is 23.5. The second-order valence-corrected chi connectivity index (χ2v) is 11.1. The fourth-order valence-electron chi connectivity index (χ4n) is 5.90. The standard InChI is InChI=1S/C31H35N7O4/c1-20(22-8-12-32-13-9-22)42-29(39)28(17-21-6-7-27-24(16-21)18-33-36-27)35-30(40)37-14-10-25(11-15-37)38-19-23-4-2-3-5-26(23)34-31(38)41/h2-6,8-9,12-13,16,18,20,25,27-28,36H,7,10-11,14-15,17,19H2,1H3,(H,34,41)(H,35,40)/t20-,27?,28?/m1/s1. The maximum Gasteiger partial charge on any atom is 0.329 e. The molecule has 0 spiro atoms. The van der Waals surface area contributed by atoms with Crippen LogP contribution in [0.25, 0.3) is 0 Å². The van der Waals surface area contributed by atoms with Gasteiger partial charge in [0.1, 0.15) is 12.1 Å². The minimum atomic E-state index is -0.866. The summed E-state index contributed by atoms with van der Waals surface area (Å²) >= 11 is 0. The first-order valence-electron chi connectivity index (χ1n) is 14.4. The van der Waals surface area contributed by atoms with Crippen LogP contribution in [0, 0.1) is 0 Å². The van der Waals surface area contributed by atoms with Gasteiger partial charge in [0.15, 0.2) is 0 Å². The van der Waals surface area contributed by atoms with Crippen LogP contribution in [0.4, 0.5) is 15.3 Å². The Hall–Kier alpha value is -4.67. The summed E-state index contributed by atoms with van der Waals surface area (Å²) < 4.78 is 5.81. The number of allylic oxidation sites excluding steroid dienone is 1. The van der Waals surface area contributed by atoms with Crippen LogP contribution in [-0.4, -0.2) is 70.2 Å². The van der Waals surface area contributed by atoms with Crippen molar-refractivity contribution in [3.63, 3.8) is 0 Å². The van der Waals surface area contributed by atoms with Crippen molar-refractivity contribution in [1.82, 2.24) is 25.5 Å². The van der Waals surface area contributed by atoms with Crippen molar-refractivity contribution in [2.45, 2.75) is 63.4 Å². The maximum atomic E-state index is 13.4. The van der Waals surface area contributed by atoms with Crippen molar-refractivity contribution >= 4 is 29.9 Å². The van der Waals surface area contributed by atoms with Gasteiger partial charge < -0.3 is 30.6 Å². The van der Waals surface area contributed by atoms with Crippen molar-refractivity contribution < 1.29 is 19.1 Å². The molecule has 4 aliphatic rings. The van der Waals surface area contributed by atoms with E-state index in [1.807, 2.05) is 35.2 Å². The molecule has 1 aliphatic carbocycles. The molecule has 1 fully saturated rings. The Labute approximate surface area is 244 Å². The molecule has 11 heteroatoms. The number of carbonyl (C=O) groups is 3. The third kappa shape index (κ3) is 6.00. The maximum absolute atomic E-state index is 13.4. The lowest BCUT2D eigenvalue weighted by Crippen LogP contribution is -2.54. The van der Waals surface area contributed by atoms with Crippen LogP contribution in [0.1, 0.15) is 49.8 Å². The molecule has 42 heavy (non-hydrogen) atoms. The van der Waals surface area contributed by atoms with E-state index < -0.39 is 18.1 Å². The van der Waals surface area contributed by atoms with Crippen LogP contribution in [0.2, 0.25) is 0 Å². The lowest BCUT2D eigenvalue weighted by molar-refractivity contribution is -0.151. The molecule has 1 saturated heterocycles. The van der Waals surface area contributed by atoms with Gasteiger partial charge in [0.25, 0.3) is 0 Å². The normalized spacial score (nSPS) is 21.2. The smallest absolute Gasteiger partial charge is 0.329 e. The molecule has 11 nitrogen and oxygen atoms in total. The number of hydrazone groups is 1. The number of pyridine rings is 1. The average Bonchev–Trinajstić information content (AvgIpc) is 3.49. The molecular weight excluding hydrogens is 534 g/mol. The molecule has 1 aromatic heterocycles. The van der Waals surface area contributed by atoms with Crippen molar-refractivity contribution in [3.05, 3.63) is 83.2 Å². The number of rotatable bonds is 7. The summed E-state index contributed by atoms with van der Waals surface area (Å²) in [7, 11) is 0. The monoisotopic (exact) mass is 569 g/mol. The fourth-order valence-corrected chi connectivity index (χ4v) is 5.90. The van der Waals surface area contributed by atoms with Gasteiger partial charge in [-0.3, -0.25) is 4.98 Å². The molecule has 0 saturated carbocycles. The number of fused-ring (bicyclic) bond motifs is 2. The third-order valence-corrected chi connectivity index (χ3v) is 8.36. The number of ether oxygens (including phenoxy) is 1. The molecule has 2 aromatic rings. The second kappa shape index (κ2) is 12.1. The number of nitrogens with one attached hydrogen (secondary N) is 3. The Kier molecular flexibility index (Phi) is 7.89. The number of hydrogen-bond donors (Lipinski definition) is 3. The summed E-state index contributed by atoms with van der Waals surface area (Å²) in [4.78, 5) is 47.3. The molecule has 0 radical (unpaired) electrons. The molecule has 3 N–H and O–H groups in total. The van der Waals surface area contributed by atoms with E-state index in [0.717, 1.165) is 34.4 Å². The first kappa shape index (κ1) is 27.5. The van der Waals surface area contributed by atoms with Crippen LogP contribution in [0.3, 0.4) is 0 Å². The molecule has 1 aromatic carbocycles. The van der Waals surface area contributed by atoms with Gasteiger partial charge in [-0.25, -0.2) is 14.4 Å². The summed E-state index contributed by atoms with van der Waals surface area (Å²) in [6, 6.07) is 10.3. The first-order chi connectivity index (χ1) is 20.4. The number of carbonyl (C=O) groups excluding carboxylic acids is 3. The molecule has 2 unspecified atom stereocenters. The fraction of sp³-hybridized carbons (Fsp3) is 0.387. The molecule has 218 valence electrons. The van der Waals surface area contributed by atoms with Crippen molar-refractivity contribution in [2.75, 3.05) is 18.4 Å². The van der Waals surface area contributed by atoms with E-state index in [9.17, 15) is 14.4 Å². The number of urea groups is 2. The first-order valence-corrected chi connectivity index (χ1v) is 14.4. The summed E-state index contributed by atoms with van der Waals surface area (Å²) in [5.74, 6) is -0.495. The number of para-hydroxylation sites is 1. The van der Waals surface area contributed by atoms with Crippen LogP contribution < -0.4 is 16.1 Å². The largest absolute Gasteiger partial charge is 0.456 e. The summed E-state index contributed by atoms with van der Waals surface area (Å²) in [5.41, 5.74) is 7.83. The van der Waals surface area contributed by atoms with Gasteiger partial charge in [0.05, 0.1) is 12.3 Å². The Morgan fingerprint density at radius 3 is 2.74 bits per heavy atom. The van der Waals surface area contributed by atoms with E-state index in [1.165, 1.54) is 0 Å². The molecular formula is C31H35N7O4.